The highest BCUT2D eigenvalue weighted by molar-refractivity contribution is 6.34. The zero-order valence-corrected chi connectivity index (χ0v) is 12.8. The third-order valence-corrected chi connectivity index (χ3v) is 3.51. The van der Waals surface area contributed by atoms with Gasteiger partial charge in [-0.25, -0.2) is 0 Å². The fraction of sp³-hybridized carbons (Fsp3) is 0.188. The smallest absolute Gasteiger partial charge is 0.270 e. The lowest BCUT2D eigenvalue weighted by atomic mass is 10.1. The standard InChI is InChI=1S/C16H15ClN2O3/c1-2-5-11-6-3-4-7-15(11)18-16(20)13-9-8-12(19(21)22)10-14(13)17/h3-4,6-10H,2,5H2,1H3,(H,18,20). The van der Waals surface area contributed by atoms with Gasteiger partial charge in [0.15, 0.2) is 0 Å². The predicted octanol–water partition coefficient (Wildman–Crippen LogP) is 4.45. The monoisotopic (exact) mass is 318 g/mol. The maximum atomic E-state index is 12.3. The zero-order valence-electron chi connectivity index (χ0n) is 12.0. The van der Waals surface area contributed by atoms with Gasteiger partial charge in [0.05, 0.1) is 15.5 Å². The summed E-state index contributed by atoms with van der Waals surface area (Å²) >= 11 is 5.97. The Bertz CT molecular complexity index is 716. The predicted molar refractivity (Wildman–Crippen MR) is 86.5 cm³/mol. The second kappa shape index (κ2) is 7.04. The highest BCUT2D eigenvalue weighted by atomic mass is 35.5. The van der Waals surface area contributed by atoms with Crippen LogP contribution in [-0.2, 0) is 6.42 Å². The molecule has 0 aliphatic heterocycles. The number of rotatable bonds is 5. The number of nitrogens with one attached hydrogen (secondary N) is 1. The molecule has 0 aliphatic carbocycles. The fourth-order valence-corrected chi connectivity index (χ4v) is 2.38. The van der Waals surface area contributed by atoms with Crippen LogP contribution in [0.1, 0.15) is 29.3 Å². The maximum absolute atomic E-state index is 12.3. The van der Waals surface area contributed by atoms with Crippen LogP contribution in [0.15, 0.2) is 42.5 Å². The third kappa shape index (κ3) is 3.62. The van der Waals surface area contributed by atoms with Crippen molar-refractivity contribution in [1.82, 2.24) is 0 Å². The Morgan fingerprint density at radius 2 is 2.00 bits per heavy atom. The second-order valence-electron chi connectivity index (χ2n) is 4.78. The Hall–Kier alpha value is -2.40. The topological polar surface area (TPSA) is 72.2 Å². The number of hydrogen-bond donors (Lipinski definition) is 1. The Morgan fingerprint density at radius 1 is 1.27 bits per heavy atom. The number of carbonyl (C=O) groups excluding carboxylic acids is 1. The number of aryl methyl sites for hydroxylation is 1. The lowest BCUT2D eigenvalue weighted by Crippen LogP contribution is -2.14. The number of hydrogen-bond acceptors (Lipinski definition) is 3. The number of halogens is 1. The van der Waals surface area contributed by atoms with E-state index in [9.17, 15) is 14.9 Å². The molecule has 2 aromatic carbocycles. The van der Waals surface area contributed by atoms with Gasteiger partial charge in [-0.3, -0.25) is 14.9 Å². The lowest BCUT2D eigenvalue weighted by Gasteiger charge is -2.11. The summed E-state index contributed by atoms with van der Waals surface area (Å²) in [6, 6.07) is 11.3. The molecular weight excluding hydrogens is 304 g/mol. The Morgan fingerprint density at radius 3 is 2.64 bits per heavy atom. The van der Waals surface area contributed by atoms with E-state index in [4.69, 9.17) is 11.6 Å². The molecular formula is C16H15ClN2O3. The maximum Gasteiger partial charge on any atom is 0.270 e. The molecule has 0 bridgehead atoms. The van der Waals surface area contributed by atoms with Crippen LogP contribution in [0, 0.1) is 10.1 Å². The molecule has 5 nitrogen and oxygen atoms in total. The third-order valence-electron chi connectivity index (χ3n) is 3.19. The van der Waals surface area contributed by atoms with E-state index in [1.54, 1.807) is 0 Å². The normalized spacial score (nSPS) is 10.3. The van der Waals surface area contributed by atoms with Crippen molar-refractivity contribution in [2.24, 2.45) is 0 Å². The Kier molecular flexibility index (Phi) is 5.12. The van der Waals surface area contributed by atoms with Gasteiger partial charge in [0, 0.05) is 17.8 Å². The molecule has 1 N–H and O–H groups in total. The molecule has 0 aromatic heterocycles. The number of carbonyl (C=O) groups is 1. The van der Waals surface area contributed by atoms with Gasteiger partial charge >= 0.3 is 0 Å². The molecule has 0 heterocycles. The number of nitrogens with zero attached hydrogens (tertiary/aromatic N) is 1. The molecule has 22 heavy (non-hydrogen) atoms. The first-order valence-corrected chi connectivity index (χ1v) is 7.24. The first kappa shape index (κ1) is 16.0. The van der Waals surface area contributed by atoms with Crippen molar-refractivity contribution in [2.45, 2.75) is 19.8 Å². The minimum atomic E-state index is -0.551. The Balaban J connectivity index is 2.25. The van der Waals surface area contributed by atoms with E-state index in [1.165, 1.54) is 18.2 Å². The van der Waals surface area contributed by atoms with E-state index in [1.807, 2.05) is 24.3 Å². The van der Waals surface area contributed by atoms with E-state index in [0.717, 1.165) is 24.1 Å². The summed E-state index contributed by atoms with van der Waals surface area (Å²) in [7, 11) is 0. The number of para-hydroxylation sites is 1. The molecule has 2 rings (SSSR count). The number of non-ortho nitro benzene ring substituents is 1. The van der Waals surface area contributed by atoms with Crippen molar-refractivity contribution >= 4 is 28.9 Å². The van der Waals surface area contributed by atoms with Crippen LogP contribution in [0.2, 0.25) is 5.02 Å². The van der Waals surface area contributed by atoms with Gasteiger partial charge in [0.1, 0.15) is 0 Å². The van der Waals surface area contributed by atoms with Crippen LogP contribution < -0.4 is 5.32 Å². The van der Waals surface area contributed by atoms with Gasteiger partial charge < -0.3 is 5.32 Å². The van der Waals surface area contributed by atoms with Crippen LogP contribution in [0.4, 0.5) is 11.4 Å². The van der Waals surface area contributed by atoms with Crippen LogP contribution in [0.25, 0.3) is 0 Å². The number of anilines is 1. The zero-order chi connectivity index (χ0) is 16.1. The molecule has 0 atom stereocenters. The van der Waals surface area contributed by atoms with Crippen LogP contribution in [-0.4, -0.2) is 10.8 Å². The summed E-state index contributed by atoms with van der Waals surface area (Å²) in [5.41, 5.74) is 1.83. The van der Waals surface area contributed by atoms with Crippen molar-refractivity contribution in [3.05, 3.63) is 68.7 Å². The van der Waals surface area contributed by atoms with Crippen LogP contribution in [0.3, 0.4) is 0 Å². The number of amides is 1. The average molecular weight is 319 g/mol. The minimum Gasteiger partial charge on any atom is -0.322 e. The van der Waals surface area contributed by atoms with E-state index in [0.29, 0.717) is 0 Å². The number of nitro groups is 1. The first-order chi connectivity index (χ1) is 10.5. The molecule has 0 aliphatic rings. The van der Waals surface area contributed by atoms with Gasteiger partial charge in [0.2, 0.25) is 0 Å². The molecule has 1 amide bonds. The van der Waals surface area contributed by atoms with Crippen molar-refractivity contribution < 1.29 is 9.72 Å². The quantitative estimate of drug-likeness (QED) is 0.653. The summed E-state index contributed by atoms with van der Waals surface area (Å²) < 4.78 is 0. The van der Waals surface area contributed by atoms with Crippen molar-refractivity contribution in [3.8, 4) is 0 Å². The van der Waals surface area contributed by atoms with E-state index in [-0.39, 0.29) is 22.2 Å². The number of nitro benzene ring substituents is 1. The van der Waals surface area contributed by atoms with Gasteiger partial charge in [-0.05, 0) is 24.1 Å². The molecule has 2 aromatic rings. The summed E-state index contributed by atoms with van der Waals surface area (Å²) in [5.74, 6) is -0.386. The molecule has 6 heteroatoms. The molecule has 0 spiro atoms. The summed E-state index contributed by atoms with van der Waals surface area (Å²) in [5, 5.41) is 13.6. The van der Waals surface area contributed by atoms with Crippen molar-refractivity contribution in [1.29, 1.82) is 0 Å². The molecule has 0 unspecified atom stereocenters. The van der Waals surface area contributed by atoms with E-state index in [2.05, 4.69) is 12.2 Å². The summed E-state index contributed by atoms with van der Waals surface area (Å²) in [6.07, 6.45) is 1.82. The SMILES string of the molecule is CCCc1ccccc1NC(=O)c1ccc([N+](=O)[O-])cc1Cl. The van der Waals surface area contributed by atoms with Gasteiger partial charge in [-0.1, -0.05) is 43.1 Å². The molecule has 0 saturated carbocycles. The molecule has 0 fully saturated rings. The van der Waals surface area contributed by atoms with E-state index < -0.39 is 4.92 Å². The molecule has 0 saturated heterocycles. The van der Waals surface area contributed by atoms with Crippen molar-refractivity contribution in [2.75, 3.05) is 5.32 Å². The molecule has 0 radical (unpaired) electrons. The fourth-order valence-electron chi connectivity index (χ4n) is 2.12. The molecule has 114 valence electrons. The highest BCUT2D eigenvalue weighted by Gasteiger charge is 2.15. The van der Waals surface area contributed by atoms with Crippen LogP contribution >= 0.6 is 11.6 Å². The highest BCUT2D eigenvalue weighted by Crippen LogP contribution is 2.24. The number of benzene rings is 2. The van der Waals surface area contributed by atoms with Gasteiger partial charge in [0.25, 0.3) is 11.6 Å². The average Bonchev–Trinajstić information content (AvgIpc) is 2.49. The summed E-state index contributed by atoms with van der Waals surface area (Å²) in [6.45, 7) is 2.06. The summed E-state index contributed by atoms with van der Waals surface area (Å²) in [4.78, 5) is 22.4. The lowest BCUT2D eigenvalue weighted by molar-refractivity contribution is -0.384. The van der Waals surface area contributed by atoms with Crippen molar-refractivity contribution in [3.63, 3.8) is 0 Å². The largest absolute Gasteiger partial charge is 0.322 e. The minimum absolute atomic E-state index is 0.0553. The Labute approximate surface area is 133 Å². The second-order valence-corrected chi connectivity index (χ2v) is 5.19. The van der Waals surface area contributed by atoms with Gasteiger partial charge in [-0.15, -0.1) is 0 Å². The van der Waals surface area contributed by atoms with E-state index >= 15 is 0 Å². The van der Waals surface area contributed by atoms with Gasteiger partial charge in [-0.2, -0.15) is 0 Å². The van der Waals surface area contributed by atoms with Crippen LogP contribution in [0.5, 0.6) is 0 Å². The first-order valence-electron chi connectivity index (χ1n) is 6.86.